The number of nitrogens with zero attached hydrogens (tertiary/aromatic N) is 2. The topological polar surface area (TPSA) is 140 Å². The van der Waals surface area contributed by atoms with Crippen LogP contribution < -0.4 is 9.47 Å². The van der Waals surface area contributed by atoms with Crippen LogP contribution in [0.1, 0.15) is 90.0 Å². The molecule has 0 saturated heterocycles. The number of benzene rings is 2. The van der Waals surface area contributed by atoms with Gasteiger partial charge in [-0.25, -0.2) is 0 Å². The molecule has 0 radical (unpaired) electrons. The number of rotatable bonds is 22. The minimum Gasteiger partial charge on any atom is -0.459 e. The Morgan fingerprint density at radius 2 is 1.72 bits per heavy atom. The van der Waals surface area contributed by atoms with Crippen LogP contribution in [0.2, 0.25) is 0 Å². The van der Waals surface area contributed by atoms with Crippen LogP contribution >= 0.6 is 11.8 Å². The SMILES string of the molecule is C=CCO[C@@]12Oc3ccc(Oc4ccc(SC)cc4)cc3[C@H]3[C@H](CCCCO)[C@@H](CCCCO)C=C(C(=NOC(C)(C)C)C[C@@H]1N(CCOCCO)C(=O)C1CC1)[C@H]32. The quantitative estimate of drug-likeness (QED) is 0.0466. The van der Waals surface area contributed by atoms with Crippen molar-refractivity contribution in [1.29, 1.82) is 0 Å². The summed E-state index contributed by atoms with van der Waals surface area (Å²) in [6.07, 6.45) is 12.8. The molecule has 2 fully saturated rings. The van der Waals surface area contributed by atoms with Crippen LogP contribution in [0.5, 0.6) is 17.2 Å². The monoisotopic (exact) mass is 820 g/mol. The van der Waals surface area contributed by atoms with Crippen LogP contribution in [0, 0.1) is 23.7 Å². The Labute approximate surface area is 348 Å². The van der Waals surface area contributed by atoms with Gasteiger partial charge in [0, 0.05) is 48.5 Å². The zero-order valence-corrected chi connectivity index (χ0v) is 35.6. The average Bonchev–Trinajstić information content (AvgIpc) is 4.07. The van der Waals surface area contributed by atoms with Crippen molar-refractivity contribution >= 4 is 23.4 Å². The summed E-state index contributed by atoms with van der Waals surface area (Å²) in [6, 6.07) is 13.4. The van der Waals surface area contributed by atoms with Crippen molar-refractivity contribution in [1.82, 2.24) is 4.90 Å². The summed E-state index contributed by atoms with van der Waals surface area (Å²) in [5, 5.41) is 34.3. The van der Waals surface area contributed by atoms with Gasteiger partial charge < -0.3 is 44.0 Å². The first kappa shape index (κ1) is 44.2. The van der Waals surface area contributed by atoms with Crippen LogP contribution in [0.4, 0.5) is 0 Å². The summed E-state index contributed by atoms with van der Waals surface area (Å²) in [5.74, 6) is 0.292. The Hall–Kier alpha value is -3.39. The van der Waals surface area contributed by atoms with Gasteiger partial charge in [0.25, 0.3) is 0 Å². The van der Waals surface area contributed by atoms with E-state index in [-0.39, 0.29) is 75.8 Å². The highest BCUT2D eigenvalue weighted by Gasteiger charge is 2.66. The Kier molecular flexibility index (Phi) is 15.4. The van der Waals surface area contributed by atoms with Crippen LogP contribution in [-0.2, 0) is 19.1 Å². The molecule has 1 amide bonds. The third-order valence-electron chi connectivity index (χ3n) is 11.7. The van der Waals surface area contributed by atoms with Gasteiger partial charge in [0.15, 0.2) is 0 Å². The number of carbonyl (C=O) groups is 1. The molecule has 58 heavy (non-hydrogen) atoms. The summed E-state index contributed by atoms with van der Waals surface area (Å²) in [4.78, 5) is 23.8. The number of allylic oxidation sites excluding steroid dienone is 1. The highest BCUT2D eigenvalue weighted by molar-refractivity contribution is 7.98. The molecule has 2 aromatic carbocycles. The second-order valence-electron chi connectivity index (χ2n) is 16.9. The number of ether oxygens (including phenoxy) is 4. The average molecular weight is 821 g/mol. The maximum atomic E-state index is 14.5. The molecule has 3 aliphatic carbocycles. The molecular weight excluding hydrogens is 757 g/mol. The maximum Gasteiger partial charge on any atom is 0.239 e. The lowest BCUT2D eigenvalue weighted by Crippen LogP contribution is -2.70. The van der Waals surface area contributed by atoms with Crippen molar-refractivity contribution in [2.75, 3.05) is 52.4 Å². The van der Waals surface area contributed by atoms with E-state index in [9.17, 15) is 20.1 Å². The highest BCUT2D eigenvalue weighted by atomic mass is 32.2. The molecule has 2 aromatic rings. The second-order valence-corrected chi connectivity index (χ2v) is 17.8. The first-order chi connectivity index (χ1) is 28.1. The van der Waals surface area contributed by atoms with E-state index in [4.69, 9.17) is 28.9 Å². The summed E-state index contributed by atoms with van der Waals surface area (Å²) in [7, 11) is 0. The fraction of sp³-hybridized carbons (Fsp3) is 0.609. The molecule has 318 valence electrons. The molecule has 1 aliphatic heterocycles. The third kappa shape index (κ3) is 10.3. The fourth-order valence-electron chi connectivity index (χ4n) is 9.00. The van der Waals surface area contributed by atoms with Gasteiger partial charge in [-0.15, -0.1) is 18.3 Å². The molecule has 0 spiro atoms. The van der Waals surface area contributed by atoms with Crippen molar-refractivity contribution < 1.29 is 43.9 Å². The van der Waals surface area contributed by atoms with Crippen molar-refractivity contribution in [2.45, 2.75) is 107 Å². The molecule has 0 bridgehead atoms. The number of aliphatic hydroxyl groups excluding tert-OH is 3. The van der Waals surface area contributed by atoms with Crippen molar-refractivity contribution in [3.63, 3.8) is 0 Å². The maximum absolute atomic E-state index is 14.5. The lowest BCUT2D eigenvalue weighted by molar-refractivity contribution is -0.258. The van der Waals surface area contributed by atoms with E-state index in [0.717, 1.165) is 66.0 Å². The number of hydrogen-bond acceptors (Lipinski definition) is 11. The summed E-state index contributed by atoms with van der Waals surface area (Å²) < 4.78 is 26.8. The standard InChI is InChI=1S/C46H64N2O9S/c1-6-25-54-46-41(48(21-26-53-27-24-51)44(52)31-13-14-31)30-39(47-57-45(2,3)4)37-28-32(11-7-9-22-49)36(12-8-10-23-50)42(43(37)46)38-29-34(17-20-40(38)56-46)55-33-15-18-35(58-5)19-16-33/h6,15-20,28-29,31-32,36,41-43,49-51H,1,7-14,21-27,30H2,2-5H3/t32-,36+,41-,42+,43+,46+/m0/s1. The number of fused-ring (bicyclic) bond motifs is 2. The molecule has 6 rings (SSSR count). The first-order valence-electron chi connectivity index (χ1n) is 21.1. The van der Waals surface area contributed by atoms with Gasteiger partial charge in [0.05, 0.1) is 38.1 Å². The highest BCUT2D eigenvalue weighted by Crippen LogP contribution is 2.62. The van der Waals surface area contributed by atoms with E-state index < -0.39 is 23.3 Å². The predicted molar refractivity (Wildman–Crippen MR) is 226 cm³/mol. The molecule has 6 atom stereocenters. The van der Waals surface area contributed by atoms with E-state index in [1.165, 1.54) is 0 Å². The van der Waals surface area contributed by atoms with Crippen LogP contribution in [0.15, 0.2) is 76.8 Å². The zero-order chi connectivity index (χ0) is 41.3. The van der Waals surface area contributed by atoms with Crippen LogP contribution in [-0.4, -0.2) is 102 Å². The Morgan fingerprint density at radius 3 is 2.38 bits per heavy atom. The first-order valence-corrected chi connectivity index (χ1v) is 22.4. The number of unbranched alkanes of at least 4 members (excludes halogenated alkanes) is 2. The number of carbonyl (C=O) groups excluding carboxylic acids is 1. The number of amides is 1. The molecule has 2 saturated carbocycles. The number of oxime groups is 1. The largest absolute Gasteiger partial charge is 0.459 e. The van der Waals surface area contributed by atoms with Crippen molar-refractivity contribution in [3.8, 4) is 17.2 Å². The van der Waals surface area contributed by atoms with Crippen LogP contribution in [0.25, 0.3) is 0 Å². The van der Waals surface area contributed by atoms with Gasteiger partial charge in [-0.1, -0.05) is 30.1 Å². The molecule has 11 nitrogen and oxygen atoms in total. The summed E-state index contributed by atoms with van der Waals surface area (Å²) in [6.45, 7) is 10.9. The lowest BCUT2D eigenvalue weighted by Gasteiger charge is -2.60. The van der Waals surface area contributed by atoms with Gasteiger partial charge in [0.2, 0.25) is 11.7 Å². The third-order valence-corrected chi connectivity index (χ3v) is 12.4. The normalized spacial score (nSPS) is 25.6. The van der Waals surface area contributed by atoms with Gasteiger partial charge >= 0.3 is 0 Å². The minimum absolute atomic E-state index is 0.0297. The van der Waals surface area contributed by atoms with Gasteiger partial charge in [0.1, 0.15) is 28.9 Å². The fourth-order valence-corrected chi connectivity index (χ4v) is 9.41. The van der Waals surface area contributed by atoms with E-state index in [1.54, 1.807) is 17.8 Å². The van der Waals surface area contributed by atoms with Crippen molar-refractivity contribution in [2.24, 2.45) is 28.8 Å². The Balaban J connectivity index is 1.57. The van der Waals surface area contributed by atoms with Gasteiger partial charge in [-0.05, 0) is 125 Å². The minimum atomic E-state index is -1.35. The zero-order valence-electron chi connectivity index (χ0n) is 34.8. The second kappa shape index (κ2) is 20.2. The van der Waals surface area contributed by atoms with Crippen molar-refractivity contribution in [3.05, 3.63) is 72.3 Å². The number of aliphatic hydroxyl groups is 3. The van der Waals surface area contributed by atoms with E-state index in [2.05, 4.69) is 18.7 Å². The molecule has 3 N–H and O–H groups in total. The molecule has 12 heteroatoms. The lowest BCUT2D eigenvalue weighted by atomic mass is 9.55. The molecule has 0 unspecified atom stereocenters. The van der Waals surface area contributed by atoms with Gasteiger partial charge in [-0.3, -0.25) is 4.79 Å². The van der Waals surface area contributed by atoms with Gasteiger partial charge in [-0.2, -0.15) is 0 Å². The smallest absolute Gasteiger partial charge is 0.239 e. The molecule has 0 aromatic heterocycles. The number of hydrogen-bond donors (Lipinski definition) is 3. The summed E-state index contributed by atoms with van der Waals surface area (Å²) >= 11 is 1.68. The van der Waals surface area contributed by atoms with E-state index in [1.807, 2.05) is 68.3 Å². The van der Waals surface area contributed by atoms with E-state index >= 15 is 0 Å². The summed E-state index contributed by atoms with van der Waals surface area (Å²) in [5.41, 5.74) is 2.17. The Morgan fingerprint density at radius 1 is 1.00 bits per heavy atom. The number of thioether (sulfide) groups is 1. The Bertz CT molecular complexity index is 1740. The molecule has 4 aliphatic rings. The van der Waals surface area contributed by atoms with E-state index in [0.29, 0.717) is 30.8 Å². The molecular formula is C46H64N2O9S. The van der Waals surface area contributed by atoms with Crippen LogP contribution in [0.3, 0.4) is 0 Å². The predicted octanol–water partition coefficient (Wildman–Crippen LogP) is 7.88. The molecule has 1 heterocycles.